The molecule has 5 nitrogen and oxygen atoms in total. The third-order valence-electron chi connectivity index (χ3n) is 2.37. The van der Waals surface area contributed by atoms with Gasteiger partial charge < -0.3 is 10.4 Å². The Morgan fingerprint density at radius 3 is 2.60 bits per heavy atom. The fraction of sp³-hybridized carbons (Fsp3) is 0.800. The third-order valence-corrected chi connectivity index (χ3v) is 2.37. The first-order chi connectivity index (χ1) is 7.08. The molecule has 0 aromatic rings. The molecule has 0 saturated heterocycles. The van der Waals surface area contributed by atoms with E-state index in [1.165, 1.54) is 19.8 Å². The van der Waals surface area contributed by atoms with Crippen molar-refractivity contribution in [3.05, 3.63) is 0 Å². The van der Waals surface area contributed by atoms with E-state index in [2.05, 4.69) is 5.32 Å². The van der Waals surface area contributed by atoms with Gasteiger partial charge in [-0.2, -0.15) is 0 Å². The van der Waals surface area contributed by atoms with Gasteiger partial charge in [-0.25, -0.2) is 0 Å². The second-order valence-electron chi connectivity index (χ2n) is 4.06. The molecule has 86 valence electrons. The van der Waals surface area contributed by atoms with Crippen molar-refractivity contribution in [2.75, 3.05) is 26.2 Å². The molecule has 1 aliphatic carbocycles. The van der Waals surface area contributed by atoms with Gasteiger partial charge in [-0.15, -0.1) is 0 Å². The summed E-state index contributed by atoms with van der Waals surface area (Å²) >= 11 is 0. The van der Waals surface area contributed by atoms with Gasteiger partial charge in [0.2, 0.25) is 5.91 Å². The number of carboxylic acid groups (broad SMARTS) is 1. The van der Waals surface area contributed by atoms with E-state index in [0.717, 1.165) is 6.54 Å². The number of carbonyl (C=O) groups excluding carboxylic acids is 1. The summed E-state index contributed by atoms with van der Waals surface area (Å²) in [5.41, 5.74) is 0. The summed E-state index contributed by atoms with van der Waals surface area (Å²) in [6, 6.07) is 0. The molecule has 0 heterocycles. The van der Waals surface area contributed by atoms with E-state index in [1.807, 2.05) is 4.90 Å². The number of amides is 1. The van der Waals surface area contributed by atoms with Crippen molar-refractivity contribution < 1.29 is 14.7 Å². The van der Waals surface area contributed by atoms with E-state index in [1.54, 1.807) is 0 Å². The van der Waals surface area contributed by atoms with Crippen molar-refractivity contribution in [2.24, 2.45) is 5.92 Å². The summed E-state index contributed by atoms with van der Waals surface area (Å²) in [4.78, 5) is 23.1. The van der Waals surface area contributed by atoms with Crippen molar-refractivity contribution in [3.63, 3.8) is 0 Å². The standard InChI is InChI=1S/C10H18N2O3/c1-8(13)11-4-5-12(7-10(14)15)6-9-2-3-9/h9H,2-7H2,1H3,(H,11,13)(H,14,15). The molecular formula is C10H18N2O3. The van der Waals surface area contributed by atoms with Gasteiger partial charge in [0.15, 0.2) is 0 Å². The summed E-state index contributed by atoms with van der Waals surface area (Å²) in [7, 11) is 0. The molecule has 0 spiro atoms. The molecule has 5 heteroatoms. The maximum Gasteiger partial charge on any atom is 0.317 e. The monoisotopic (exact) mass is 214 g/mol. The number of nitrogens with one attached hydrogen (secondary N) is 1. The van der Waals surface area contributed by atoms with Crippen LogP contribution in [-0.4, -0.2) is 48.1 Å². The molecule has 0 radical (unpaired) electrons. The number of nitrogens with zero attached hydrogens (tertiary/aromatic N) is 1. The van der Waals surface area contributed by atoms with E-state index in [-0.39, 0.29) is 12.5 Å². The highest BCUT2D eigenvalue weighted by Gasteiger charge is 2.24. The molecule has 0 aliphatic heterocycles. The largest absolute Gasteiger partial charge is 0.480 e. The molecule has 0 unspecified atom stereocenters. The summed E-state index contributed by atoms with van der Waals surface area (Å²) < 4.78 is 0. The number of rotatable bonds is 7. The minimum Gasteiger partial charge on any atom is -0.480 e. The molecule has 2 N–H and O–H groups in total. The SMILES string of the molecule is CC(=O)NCCN(CC(=O)O)CC1CC1. The summed E-state index contributed by atoms with van der Waals surface area (Å²) in [6.45, 7) is 3.50. The van der Waals surface area contributed by atoms with E-state index in [0.29, 0.717) is 19.0 Å². The highest BCUT2D eigenvalue weighted by Crippen LogP contribution is 2.29. The Bertz CT molecular complexity index is 239. The zero-order valence-corrected chi connectivity index (χ0v) is 9.03. The smallest absolute Gasteiger partial charge is 0.317 e. The van der Waals surface area contributed by atoms with Crippen LogP contribution in [0.3, 0.4) is 0 Å². The lowest BCUT2D eigenvalue weighted by atomic mass is 10.3. The molecule has 1 amide bonds. The maximum atomic E-state index is 10.6. The van der Waals surface area contributed by atoms with Gasteiger partial charge in [0, 0.05) is 26.6 Å². The zero-order chi connectivity index (χ0) is 11.3. The van der Waals surface area contributed by atoms with Gasteiger partial charge in [-0.1, -0.05) is 0 Å². The van der Waals surface area contributed by atoms with E-state index in [9.17, 15) is 9.59 Å². The molecule has 1 rings (SSSR count). The highest BCUT2D eigenvalue weighted by atomic mass is 16.4. The first-order valence-corrected chi connectivity index (χ1v) is 5.26. The molecule has 1 aliphatic rings. The molecule has 0 aromatic heterocycles. The Hall–Kier alpha value is -1.10. The third kappa shape index (κ3) is 6.06. The quantitative estimate of drug-likeness (QED) is 0.622. The molecule has 15 heavy (non-hydrogen) atoms. The van der Waals surface area contributed by atoms with Crippen LogP contribution in [-0.2, 0) is 9.59 Å². The van der Waals surface area contributed by atoms with E-state index < -0.39 is 5.97 Å². The summed E-state index contributed by atoms with van der Waals surface area (Å²) in [5, 5.41) is 11.4. The molecule has 1 fully saturated rings. The Labute approximate surface area is 89.4 Å². The minimum absolute atomic E-state index is 0.0656. The molecule has 1 saturated carbocycles. The number of aliphatic carboxylic acids is 1. The summed E-state index contributed by atoms with van der Waals surface area (Å²) in [5.74, 6) is -0.211. The number of carboxylic acids is 1. The Morgan fingerprint density at radius 2 is 2.13 bits per heavy atom. The van der Waals surface area contributed by atoms with Gasteiger partial charge in [-0.3, -0.25) is 14.5 Å². The van der Waals surface area contributed by atoms with E-state index >= 15 is 0 Å². The summed E-state index contributed by atoms with van der Waals surface area (Å²) in [6.07, 6.45) is 2.41. The normalized spacial score (nSPS) is 15.3. The Balaban J connectivity index is 2.20. The fourth-order valence-corrected chi connectivity index (χ4v) is 1.48. The predicted octanol–water partition coefficient (Wildman–Crippen LogP) is -0.0809. The minimum atomic E-state index is -0.807. The highest BCUT2D eigenvalue weighted by molar-refractivity contribution is 5.72. The second kappa shape index (κ2) is 5.70. The van der Waals surface area contributed by atoms with E-state index in [4.69, 9.17) is 5.11 Å². The van der Waals surface area contributed by atoms with Crippen LogP contribution in [0.5, 0.6) is 0 Å². The van der Waals surface area contributed by atoms with Crippen molar-refractivity contribution in [3.8, 4) is 0 Å². The Kier molecular flexibility index (Phi) is 4.55. The van der Waals surface area contributed by atoms with Crippen LogP contribution in [0.25, 0.3) is 0 Å². The van der Waals surface area contributed by atoms with Crippen molar-refractivity contribution in [1.82, 2.24) is 10.2 Å². The van der Waals surface area contributed by atoms with Gasteiger partial charge in [0.05, 0.1) is 6.54 Å². The molecular weight excluding hydrogens is 196 g/mol. The molecule has 0 aromatic carbocycles. The average molecular weight is 214 g/mol. The number of hydrogen-bond donors (Lipinski definition) is 2. The number of hydrogen-bond acceptors (Lipinski definition) is 3. The van der Waals surface area contributed by atoms with Gasteiger partial charge in [0.1, 0.15) is 0 Å². The van der Waals surface area contributed by atoms with Gasteiger partial charge >= 0.3 is 5.97 Å². The molecule has 0 bridgehead atoms. The van der Waals surface area contributed by atoms with Gasteiger partial charge in [-0.05, 0) is 18.8 Å². The fourth-order valence-electron chi connectivity index (χ4n) is 1.48. The van der Waals surface area contributed by atoms with Crippen LogP contribution in [0.1, 0.15) is 19.8 Å². The molecule has 0 atom stereocenters. The lowest BCUT2D eigenvalue weighted by Gasteiger charge is -2.19. The van der Waals surface area contributed by atoms with Crippen LogP contribution >= 0.6 is 0 Å². The Morgan fingerprint density at radius 1 is 1.47 bits per heavy atom. The number of carbonyl (C=O) groups is 2. The topological polar surface area (TPSA) is 69.6 Å². The van der Waals surface area contributed by atoms with Crippen LogP contribution in [0.4, 0.5) is 0 Å². The maximum absolute atomic E-state index is 10.6. The zero-order valence-electron chi connectivity index (χ0n) is 9.03. The van der Waals surface area contributed by atoms with Crippen molar-refractivity contribution >= 4 is 11.9 Å². The lowest BCUT2D eigenvalue weighted by molar-refractivity contribution is -0.138. The lowest BCUT2D eigenvalue weighted by Crippen LogP contribution is -2.38. The average Bonchev–Trinajstić information content (AvgIpc) is 2.86. The van der Waals surface area contributed by atoms with Crippen molar-refractivity contribution in [1.29, 1.82) is 0 Å². The first-order valence-electron chi connectivity index (χ1n) is 5.26. The first kappa shape index (κ1) is 12.0. The van der Waals surface area contributed by atoms with Crippen LogP contribution in [0.15, 0.2) is 0 Å². The van der Waals surface area contributed by atoms with Crippen molar-refractivity contribution in [2.45, 2.75) is 19.8 Å². The van der Waals surface area contributed by atoms with Crippen LogP contribution < -0.4 is 5.32 Å². The van der Waals surface area contributed by atoms with Crippen LogP contribution in [0, 0.1) is 5.92 Å². The van der Waals surface area contributed by atoms with Gasteiger partial charge in [0.25, 0.3) is 0 Å². The predicted molar refractivity (Wildman–Crippen MR) is 55.5 cm³/mol. The second-order valence-corrected chi connectivity index (χ2v) is 4.06. The van der Waals surface area contributed by atoms with Crippen LogP contribution in [0.2, 0.25) is 0 Å².